The van der Waals surface area contributed by atoms with E-state index in [9.17, 15) is 4.39 Å². The van der Waals surface area contributed by atoms with Gasteiger partial charge in [-0.15, -0.1) is 0 Å². The Morgan fingerprint density at radius 1 is 1.35 bits per heavy atom. The Kier molecular flexibility index (Phi) is 5.40. The fourth-order valence-corrected chi connectivity index (χ4v) is 1.67. The van der Waals surface area contributed by atoms with Crippen molar-refractivity contribution in [1.82, 2.24) is 5.32 Å². The number of nitrogens with one attached hydrogen (secondary N) is 1. The minimum atomic E-state index is -0.281. The number of halogens is 2. The van der Waals surface area contributed by atoms with Crippen molar-refractivity contribution in [3.8, 4) is 5.75 Å². The first kappa shape index (κ1) is 14.5. The van der Waals surface area contributed by atoms with Crippen molar-refractivity contribution in [2.45, 2.75) is 32.7 Å². The second-order valence-electron chi connectivity index (χ2n) is 4.95. The minimum absolute atomic E-state index is 0.124. The van der Waals surface area contributed by atoms with E-state index < -0.39 is 0 Å². The van der Waals surface area contributed by atoms with E-state index in [2.05, 4.69) is 42.0 Å². The molecule has 1 N–H and O–H groups in total. The van der Waals surface area contributed by atoms with Crippen LogP contribution in [0.2, 0.25) is 0 Å². The highest BCUT2D eigenvalue weighted by Crippen LogP contribution is 2.25. The van der Waals surface area contributed by atoms with Gasteiger partial charge in [-0.25, -0.2) is 4.39 Å². The molecule has 0 saturated heterocycles. The van der Waals surface area contributed by atoms with Crippen molar-refractivity contribution >= 4 is 15.9 Å². The zero-order valence-corrected chi connectivity index (χ0v) is 12.1. The molecule has 1 rings (SSSR count). The molecule has 0 fully saturated rings. The Labute approximate surface area is 111 Å². The molecule has 0 aliphatic carbocycles. The SMILES string of the molecule is CC(C)(C)NCCCOc1cc(F)ccc1Br. The first-order chi connectivity index (χ1) is 7.88. The average molecular weight is 304 g/mol. The summed E-state index contributed by atoms with van der Waals surface area (Å²) in [5, 5.41) is 3.37. The van der Waals surface area contributed by atoms with Gasteiger partial charge < -0.3 is 10.1 Å². The Hall–Kier alpha value is -0.610. The van der Waals surface area contributed by atoms with Crippen LogP contribution >= 0.6 is 15.9 Å². The van der Waals surface area contributed by atoms with E-state index in [-0.39, 0.29) is 11.4 Å². The summed E-state index contributed by atoms with van der Waals surface area (Å²) in [7, 11) is 0. The summed E-state index contributed by atoms with van der Waals surface area (Å²) >= 11 is 3.32. The molecule has 2 nitrogen and oxygen atoms in total. The van der Waals surface area contributed by atoms with Crippen molar-refractivity contribution in [3.05, 3.63) is 28.5 Å². The number of ether oxygens (including phenoxy) is 1. The molecule has 0 unspecified atom stereocenters. The van der Waals surface area contributed by atoms with Crippen LogP contribution in [0.1, 0.15) is 27.2 Å². The van der Waals surface area contributed by atoms with Crippen LogP contribution in [0.15, 0.2) is 22.7 Å². The molecule has 96 valence electrons. The monoisotopic (exact) mass is 303 g/mol. The molecule has 0 bridgehead atoms. The van der Waals surface area contributed by atoms with E-state index >= 15 is 0 Å². The standard InChI is InChI=1S/C13H19BrFNO/c1-13(2,3)16-7-4-8-17-12-9-10(15)5-6-11(12)14/h5-6,9,16H,4,7-8H2,1-3H3. The lowest BCUT2D eigenvalue weighted by Crippen LogP contribution is -2.36. The normalized spacial score (nSPS) is 11.6. The van der Waals surface area contributed by atoms with Crippen molar-refractivity contribution in [2.75, 3.05) is 13.2 Å². The molecule has 0 aromatic heterocycles. The van der Waals surface area contributed by atoms with E-state index in [1.807, 2.05) is 0 Å². The topological polar surface area (TPSA) is 21.3 Å². The summed E-state index contributed by atoms with van der Waals surface area (Å²) in [6.07, 6.45) is 0.889. The first-order valence-corrected chi connectivity index (χ1v) is 6.51. The van der Waals surface area contributed by atoms with Crippen LogP contribution in [0.4, 0.5) is 4.39 Å². The highest BCUT2D eigenvalue weighted by atomic mass is 79.9. The molecule has 1 aromatic carbocycles. The van der Waals surface area contributed by atoms with Crippen molar-refractivity contribution in [2.24, 2.45) is 0 Å². The first-order valence-electron chi connectivity index (χ1n) is 5.71. The maximum atomic E-state index is 13.0. The van der Waals surface area contributed by atoms with Gasteiger partial charge in [0.1, 0.15) is 11.6 Å². The van der Waals surface area contributed by atoms with E-state index in [0.717, 1.165) is 17.4 Å². The van der Waals surface area contributed by atoms with Gasteiger partial charge in [0, 0.05) is 11.6 Å². The molecule has 17 heavy (non-hydrogen) atoms. The van der Waals surface area contributed by atoms with Gasteiger partial charge >= 0.3 is 0 Å². The maximum Gasteiger partial charge on any atom is 0.136 e. The number of hydrogen-bond acceptors (Lipinski definition) is 2. The second-order valence-corrected chi connectivity index (χ2v) is 5.81. The van der Waals surface area contributed by atoms with Gasteiger partial charge in [-0.2, -0.15) is 0 Å². The molecule has 4 heteroatoms. The summed E-state index contributed by atoms with van der Waals surface area (Å²) in [6, 6.07) is 4.44. The van der Waals surface area contributed by atoms with E-state index in [1.165, 1.54) is 12.1 Å². The minimum Gasteiger partial charge on any atom is -0.492 e. The highest BCUT2D eigenvalue weighted by molar-refractivity contribution is 9.10. The molecule has 0 spiro atoms. The van der Waals surface area contributed by atoms with Crippen LogP contribution in [0.5, 0.6) is 5.75 Å². The smallest absolute Gasteiger partial charge is 0.136 e. The van der Waals surface area contributed by atoms with E-state index in [0.29, 0.717) is 12.4 Å². The van der Waals surface area contributed by atoms with Gasteiger partial charge in [-0.1, -0.05) is 0 Å². The molecular weight excluding hydrogens is 285 g/mol. The van der Waals surface area contributed by atoms with Gasteiger partial charge in [0.2, 0.25) is 0 Å². The molecule has 0 amide bonds. The van der Waals surface area contributed by atoms with Gasteiger partial charge in [-0.3, -0.25) is 0 Å². The number of rotatable bonds is 5. The maximum absolute atomic E-state index is 13.0. The second kappa shape index (κ2) is 6.36. The zero-order valence-electron chi connectivity index (χ0n) is 10.5. The fourth-order valence-electron chi connectivity index (χ4n) is 1.31. The summed E-state index contributed by atoms with van der Waals surface area (Å²) in [6.45, 7) is 7.83. The van der Waals surface area contributed by atoms with Crippen LogP contribution in [0.25, 0.3) is 0 Å². The van der Waals surface area contributed by atoms with Crippen LogP contribution in [-0.4, -0.2) is 18.7 Å². The van der Waals surface area contributed by atoms with Crippen LogP contribution in [0, 0.1) is 5.82 Å². The number of benzene rings is 1. The molecule has 0 heterocycles. The molecule has 1 aromatic rings. The molecule has 0 radical (unpaired) electrons. The summed E-state index contributed by atoms with van der Waals surface area (Å²) in [5.41, 5.74) is 0.124. The lowest BCUT2D eigenvalue weighted by Gasteiger charge is -2.20. The lowest BCUT2D eigenvalue weighted by molar-refractivity contribution is 0.295. The van der Waals surface area contributed by atoms with Gasteiger partial charge in [0.15, 0.2) is 0 Å². The third-order valence-electron chi connectivity index (χ3n) is 2.13. The van der Waals surface area contributed by atoms with Crippen molar-refractivity contribution in [3.63, 3.8) is 0 Å². The fraction of sp³-hybridized carbons (Fsp3) is 0.538. The van der Waals surface area contributed by atoms with E-state index in [1.54, 1.807) is 6.07 Å². The molecule has 0 aliphatic rings. The Balaban J connectivity index is 2.29. The van der Waals surface area contributed by atoms with Gasteiger partial charge in [0.05, 0.1) is 11.1 Å². The molecule has 0 aliphatic heterocycles. The van der Waals surface area contributed by atoms with E-state index in [4.69, 9.17) is 4.74 Å². The Bertz CT molecular complexity index is 363. The zero-order chi connectivity index (χ0) is 12.9. The van der Waals surface area contributed by atoms with Crippen molar-refractivity contribution < 1.29 is 9.13 Å². The Morgan fingerprint density at radius 3 is 2.71 bits per heavy atom. The summed E-state index contributed by atoms with van der Waals surface area (Å²) in [5.74, 6) is 0.275. The molecular formula is C13H19BrFNO. The van der Waals surface area contributed by atoms with Gasteiger partial charge in [-0.05, 0) is 61.8 Å². The predicted octanol–water partition coefficient (Wildman–Crippen LogP) is 3.75. The van der Waals surface area contributed by atoms with Crippen LogP contribution < -0.4 is 10.1 Å². The number of hydrogen-bond donors (Lipinski definition) is 1. The quantitative estimate of drug-likeness (QED) is 0.837. The highest BCUT2D eigenvalue weighted by Gasteiger charge is 2.07. The largest absolute Gasteiger partial charge is 0.492 e. The van der Waals surface area contributed by atoms with Crippen molar-refractivity contribution in [1.29, 1.82) is 0 Å². The van der Waals surface area contributed by atoms with Gasteiger partial charge in [0.25, 0.3) is 0 Å². The lowest BCUT2D eigenvalue weighted by atomic mass is 10.1. The average Bonchev–Trinajstić information content (AvgIpc) is 2.21. The van der Waals surface area contributed by atoms with Crippen LogP contribution in [0.3, 0.4) is 0 Å². The third-order valence-corrected chi connectivity index (χ3v) is 2.78. The predicted molar refractivity (Wildman–Crippen MR) is 72.0 cm³/mol. The third kappa shape index (κ3) is 6.03. The summed E-state index contributed by atoms with van der Waals surface area (Å²) < 4.78 is 19.3. The summed E-state index contributed by atoms with van der Waals surface area (Å²) in [4.78, 5) is 0. The van der Waals surface area contributed by atoms with Crippen LogP contribution in [-0.2, 0) is 0 Å². The molecule has 0 atom stereocenters. The molecule has 0 saturated carbocycles. The Morgan fingerprint density at radius 2 is 2.06 bits per heavy atom.